The molecule has 0 spiro atoms. The highest BCUT2D eigenvalue weighted by atomic mass is 16.7. The van der Waals surface area contributed by atoms with Crippen LogP contribution in [0.25, 0.3) is 27.3 Å². The molecule has 1 unspecified atom stereocenters. The Balaban J connectivity index is 1.86. The molecule has 4 aromatic rings. The van der Waals surface area contributed by atoms with Gasteiger partial charge in [-0.1, -0.05) is 0 Å². The largest absolute Gasteiger partial charge is 0.454 e. The first-order valence-corrected chi connectivity index (χ1v) is 7.93. The third kappa shape index (κ3) is 1.82. The summed E-state index contributed by atoms with van der Waals surface area (Å²) in [5, 5.41) is 12.1. The summed E-state index contributed by atoms with van der Waals surface area (Å²) in [7, 11) is 0. The molecule has 1 aromatic carbocycles. The van der Waals surface area contributed by atoms with Crippen LogP contribution in [0.15, 0.2) is 36.7 Å². The van der Waals surface area contributed by atoms with Crippen molar-refractivity contribution in [1.29, 1.82) is 0 Å². The fourth-order valence-electron chi connectivity index (χ4n) is 3.47. The zero-order chi connectivity index (χ0) is 16.4. The van der Waals surface area contributed by atoms with Crippen LogP contribution in [-0.2, 0) is 0 Å². The Labute approximate surface area is 138 Å². The molecule has 0 bridgehead atoms. The summed E-state index contributed by atoms with van der Waals surface area (Å²) in [6.45, 7) is 4.05. The molecule has 1 aliphatic heterocycles. The van der Waals surface area contributed by atoms with Crippen LogP contribution in [0.5, 0.6) is 11.5 Å². The standard InChI is InChI=1S/C19H16N2O3/c1-10-7-21-8-13-3-12-4-17-18(24-9-23-17)6-15(12)20-19(13)16(21)5-14(10)11(2)22/h3-8,11,22H,9H2,1-2H3. The van der Waals surface area contributed by atoms with Crippen LogP contribution in [0.4, 0.5) is 0 Å². The minimum absolute atomic E-state index is 0.257. The quantitative estimate of drug-likeness (QED) is 0.580. The predicted octanol–water partition coefficient (Wildman–Crippen LogP) is 3.73. The minimum Gasteiger partial charge on any atom is -0.454 e. The van der Waals surface area contributed by atoms with Crippen molar-refractivity contribution in [2.75, 3.05) is 6.79 Å². The number of rotatable bonds is 1. The Morgan fingerprint density at radius 1 is 1.08 bits per heavy atom. The second-order valence-electron chi connectivity index (χ2n) is 6.33. The minimum atomic E-state index is -0.505. The summed E-state index contributed by atoms with van der Waals surface area (Å²) >= 11 is 0. The summed E-state index contributed by atoms with van der Waals surface area (Å²) in [4.78, 5) is 4.84. The normalized spacial score (nSPS) is 14.8. The fourth-order valence-corrected chi connectivity index (χ4v) is 3.47. The van der Waals surface area contributed by atoms with Crippen LogP contribution in [0.2, 0.25) is 0 Å². The summed E-state index contributed by atoms with van der Waals surface area (Å²) in [6, 6.07) is 8.03. The number of benzene rings is 1. The van der Waals surface area contributed by atoms with Crippen LogP contribution in [0, 0.1) is 6.92 Å². The van der Waals surface area contributed by atoms with E-state index in [0.717, 1.165) is 49.9 Å². The predicted molar refractivity (Wildman–Crippen MR) is 91.7 cm³/mol. The van der Waals surface area contributed by atoms with E-state index in [2.05, 4.69) is 16.7 Å². The highest BCUT2D eigenvalue weighted by molar-refractivity contribution is 6.01. The molecule has 1 aliphatic rings. The molecule has 1 N–H and O–H groups in total. The zero-order valence-electron chi connectivity index (χ0n) is 13.4. The summed E-state index contributed by atoms with van der Waals surface area (Å²) in [5.41, 5.74) is 4.77. The van der Waals surface area contributed by atoms with Gasteiger partial charge in [-0.25, -0.2) is 4.98 Å². The molecule has 3 aromatic heterocycles. The van der Waals surface area contributed by atoms with Gasteiger partial charge in [-0.15, -0.1) is 0 Å². The number of aliphatic hydroxyl groups excluding tert-OH is 1. The molecule has 0 aliphatic carbocycles. The number of hydrogen-bond acceptors (Lipinski definition) is 4. The van der Waals surface area contributed by atoms with E-state index in [1.807, 2.05) is 31.3 Å². The van der Waals surface area contributed by atoms with Crippen molar-refractivity contribution in [3.05, 3.63) is 47.8 Å². The Morgan fingerprint density at radius 3 is 2.67 bits per heavy atom. The lowest BCUT2D eigenvalue weighted by Gasteiger charge is -2.09. The Bertz CT molecular complexity index is 1130. The average Bonchev–Trinajstić information content (AvgIpc) is 3.12. The number of aliphatic hydroxyl groups is 1. The molecule has 0 saturated carbocycles. The monoisotopic (exact) mass is 320 g/mol. The maximum absolute atomic E-state index is 9.99. The third-order valence-electron chi connectivity index (χ3n) is 4.67. The van der Waals surface area contributed by atoms with Crippen LogP contribution < -0.4 is 9.47 Å². The van der Waals surface area contributed by atoms with E-state index in [1.165, 1.54) is 0 Å². The molecule has 120 valence electrons. The van der Waals surface area contributed by atoms with Gasteiger partial charge in [0.2, 0.25) is 6.79 Å². The summed E-state index contributed by atoms with van der Waals surface area (Å²) < 4.78 is 13.0. The summed E-state index contributed by atoms with van der Waals surface area (Å²) in [5.74, 6) is 1.50. The maximum atomic E-state index is 9.99. The van der Waals surface area contributed by atoms with Gasteiger partial charge < -0.3 is 19.0 Å². The molecule has 0 saturated heterocycles. The molecule has 1 atom stereocenters. The first kappa shape index (κ1) is 13.6. The molecule has 5 rings (SSSR count). The van der Waals surface area contributed by atoms with Crippen molar-refractivity contribution >= 4 is 27.3 Å². The number of ether oxygens (including phenoxy) is 2. The molecular weight excluding hydrogens is 304 g/mol. The lowest BCUT2D eigenvalue weighted by atomic mass is 10.1. The lowest BCUT2D eigenvalue weighted by Crippen LogP contribution is -1.97. The number of fused-ring (bicyclic) bond motifs is 5. The number of aromatic nitrogens is 2. The Kier molecular flexibility index (Phi) is 2.62. The lowest BCUT2D eigenvalue weighted by molar-refractivity contribution is 0.174. The van der Waals surface area contributed by atoms with Gasteiger partial charge in [-0.2, -0.15) is 0 Å². The third-order valence-corrected chi connectivity index (χ3v) is 4.67. The van der Waals surface area contributed by atoms with Crippen molar-refractivity contribution in [3.63, 3.8) is 0 Å². The summed E-state index contributed by atoms with van der Waals surface area (Å²) in [6.07, 6.45) is 3.60. The number of hydrogen-bond donors (Lipinski definition) is 1. The molecule has 0 amide bonds. The molecule has 4 heterocycles. The molecule has 5 heteroatoms. The van der Waals surface area contributed by atoms with Gasteiger partial charge in [0, 0.05) is 29.2 Å². The van der Waals surface area contributed by atoms with E-state index in [4.69, 9.17) is 14.5 Å². The number of aryl methyl sites for hydroxylation is 1. The molecule has 0 radical (unpaired) electrons. The average molecular weight is 320 g/mol. The van der Waals surface area contributed by atoms with E-state index in [1.54, 1.807) is 6.92 Å². The van der Waals surface area contributed by atoms with Gasteiger partial charge >= 0.3 is 0 Å². The van der Waals surface area contributed by atoms with E-state index in [0.29, 0.717) is 0 Å². The van der Waals surface area contributed by atoms with E-state index in [-0.39, 0.29) is 6.79 Å². The zero-order valence-corrected chi connectivity index (χ0v) is 13.4. The Morgan fingerprint density at radius 2 is 1.88 bits per heavy atom. The van der Waals surface area contributed by atoms with Crippen LogP contribution >= 0.6 is 0 Å². The highest BCUT2D eigenvalue weighted by Crippen LogP contribution is 2.37. The fraction of sp³-hybridized carbons (Fsp3) is 0.211. The highest BCUT2D eigenvalue weighted by Gasteiger charge is 2.17. The SMILES string of the molecule is Cc1cn2cc3cc4cc5c(cc4nc3c2cc1C(C)O)OCO5. The van der Waals surface area contributed by atoms with Gasteiger partial charge in [-0.05, 0) is 43.2 Å². The van der Waals surface area contributed by atoms with E-state index < -0.39 is 6.10 Å². The van der Waals surface area contributed by atoms with Gasteiger partial charge in [0.1, 0.15) is 0 Å². The van der Waals surface area contributed by atoms with Crippen LogP contribution in [0.3, 0.4) is 0 Å². The van der Waals surface area contributed by atoms with Gasteiger partial charge in [0.05, 0.1) is 22.7 Å². The van der Waals surface area contributed by atoms with Crippen molar-refractivity contribution in [1.82, 2.24) is 9.38 Å². The number of nitrogens with zero attached hydrogens (tertiary/aromatic N) is 2. The van der Waals surface area contributed by atoms with Crippen molar-refractivity contribution in [3.8, 4) is 11.5 Å². The molecule has 5 nitrogen and oxygen atoms in total. The van der Waals surface area contributed by atoms with Gasteiger partial charge in [0.25, 0.3) is 0 Å². The van der Waals surface area contributed by atoms with Crippen LogP contribution in [-0.4, -0.2) is 21.3 Å². The Hall–Kier alpha value is -2.79. The second-order valence-corrected chi connectivity index (χ2v) is 6.33. The van der Waals surface area contributed by atoms with E-state index >= 15 is 0 Å². The first-order valence-electron chi connectivity index (χ1n) is 7.93. The molecule has 0 fully saturated rings. The second kappa shape index (κ2) is 4.61. The molecule has 24 heavy (non-hydrogen) atoms. The maximum Gasteiger partial charge on any atom is 0.231 e. The van der Waals surface area contributed by atoms with Crippen molar-refractivity contribution in [2.45, 2.75) is 20.0 Å². The smallest absolute Gasteiger partial charge is 0.231 e. The van der Waals surface area contributed by atoms with E-state index in [9.17, 15) is 5.11 Å². The van der Waals surface area contributed by atoms with Gasteiger partial charge in [0.15, 0.2) is 11.5 Å². The van der Waals surface area contributed by atoms with Crippen molar-refractivity contribution < 1.29 is 14.6 Å². The number of pyridine rings is 2. The van der Waals surface area contributed by atoms with Crippen LogP contribution in [0.1, 0.15) is 24.2 Å². The topological polar surface area (TPSA) is 56.0 Å². The molecular formula is C19H16N2O3. The first-order chi connectivity index (χ1) is 11.6. The van der Waals surface area contributed by atoms with Gasteiger partial charge in [-0.3, -0.25) is 0 Å². The van der Waals surface area contributed by atoms with Crippen molar-refractivity contribution in [2.24, 2.45) is 0 Å².